The molecule has 10 heavy (non-hydrogen) atoms. The first-order valence-corrected chi connectivity index (χ1v) is 3.65. The third-order valence-electron chi connectivity index (χ3n) is 1.16. The van der Waals surface area contributed by atoms with Crippen LogP contribution in [0.4, 0.5) is 4.39 Å². The molecule has 50 valence electrons. The van der Waals surface area contributed by atoms with Crippen molar-refractivity contribution in [2.24, 2.45) is 0 Å². The first-order chi connectivity index (χ1) is 4.86. The largest absolute Gasteiger partial charge is 0.249 e. The number of thiophene rings is 1. The predicted octanol–water partition coefficient (Wildman–Crippen LogP) is 1.83. The Morgan fingerprint density at radius 1 is 1.30 bits per heavy atom. The molecule has 0 aliphatic rings. The van der Waals surface area contributed by atoms with Crippen molar-refractivity contribution in [3.8, 4) is 0 Å². The van der Waals surface area contributed by atoms with E-state index in [0.29, 0.717) is 5.52 Å². The summed E-state index contributed by atoms with van der Waals surface area (Å²) in [5, 5.41) is 3.60. The highest BCUT2D eigenvalue weighted by atomic mass is 32.1. The minimum absolute atomic E-state index is 0.522. The van der Waals surface area contributed by atoms with E-state index in [1.807, 2.05) is 5.38 Å². The molecule has 0 radical (unpaired) electrons. The number of hydrogen-bond acceptors (Lipinski definition) is 3. The lowest BCUT2D eigenvalue weighted by molar-refractivity contribution is 0.583. The molecule has 0 aliphatic heterocycles. The van der Waals surface area contributed by atoms with Crippen LogP contribution in [-0.2, 0) is 0 Å². The molecular formula is C6H3FN2S. The van der Waals surface area contributed by atoms with Gasteiger partial charge in [0.25, 0.3) is 0 Å². The quantitative estimate of drug-likeness (QED) is 0.578. The third-order valence-corrected chi connectivity index (χ3v) is 1.88. The lowest BCUT2D eigenvalue weighted by Crippen LogP contribution is -1.82. The van der Waals surface area contributed by atoms with Crippen LogP contribution in [-0.4, -0.2) is 9.97 Å². The number of rotatable bonds is 0. The van der Waals surface area contributed by atoms with Gasteiger partial charge in [0.1, 0.15) is 5.52 Å². The molecule has 0 saturated carbocycles. The van der Waals surface area contributed by atoms with Crippen LogP contribution in [0.15, 0.2) is 17.0 Å². The normalized spacial score (nSPS) is 10.5. The maximum absolute atomic E-state index is 12.3. The summed E-state index contributed by atoms with van der Waals surface area (Å²) in [6.07, 6.45) is 1.12. The highest BCUT2D eigenvalue weighted by Crippen LogP contribution is 2.13. The molecule has 2 heterocycles. The van der Waals surface area contributed by atoms with E-state index in [4.69, 9.17) is 0 Å². The van der Waals surface area contributed by atoms with Gasteiger partial charge in [0.15, 0.2) is 0 Å². The molecule has 4 heteroatoms. The summed E-state index contributed by atoms with van der Waals surface area (Å²) < 4.78 is 12.3. The molecule has 2 aromatic heterocycles. The summed E-state index contributed by atoms with van der Waals surface area (Å²) in [4.78, 5) is 7.43. The van der Waals surface area contributed by atoms with Gasteiger partial charge in [-0.05, 0) is 0 Å². The van der Waals surface area contributed by atoms with Crippen LogP contribution in [0.1, 0.15) is 0 Å². The van der Waals surface area contributed by atoms with Crippen LogP contribution in [0.5, 0.6) is 0 Å². The zero-order chi connectivity index (χ0) is 6.97. The summed E-state index contributed by atoms with van der Waals surface area (Å²) in [5.74, 6) is -0.522. The highest BCUT2D eigenvalue weighted by Gasteiger charge is 1.97. The number of aromatic nitrogens is 2. The Morgan fingerprint density at radius 3 is 3.00 bits per heavy atom. The van der Waals surface area contributed by atoms with Gasteiger partial charge < -0.3 is 0 Å². The van der Waals surface area contributed by atoms with Gasteiger partial charge in [-0.15, -0.1) is 11.3 Å². The number of halogens is 1. The van der Waals surface area contributed by atoms with Gasteiger partial charge in [-0.25, -0.2) is 9.97 Å². The molecule has 0 bridgehead atoms. The summed E-state index contributed by atoms with van der Waals surface area (Å²) in [5.41, 5.74) is 1.39. The van der Waals surface area contributed by atoms with Crippen molar-refractivity contribution in [3.63, 3.8) is 0 Å². The van der Waals surface area contributed by atoms with E-state index in [-0.39, 0.29) is 0 Å². The topological polar surface area (TPSA) is 25.8 Å². The van der Waals surface area contributed by atoms with E-state index in [9.17, 15) is 4.39 Å². The van der Waals surface area contributed by atoms with Gasteiger partial charge in [-0.1, -0.05) is 0 Å². The van der Waals surface area contributed by atoms with Crippen LogP contribution < -0.4 is 0 Å². The van der Waals surface area contributed by atoms with E-state index in [0.717, 1.165) is 11.7 Å². The molecule has 0 unspecified atom stereocenters. The molecule has 2 nitrogen and oxygen atoms in total. The second-order valence-corrected chi connectivity index (χ2v) is 2.58. The van der Waals surface area contributed by atoms with E-state index in [2.05, 4.69) is 9.97 Å². The average molecular weight is 154 g/mol. The van der Waals surface area contributed by atoms with Gasteiger partial charge in [-0.2, -0.15) is 4.39 Å². The van der Waals surface area contributed by atoms with Crippen molar-refractivity contribution < 1.29 is 4.39 Å². The molecule has 0 N–H and O–H groups in total. The third kappa shape index (κ3) is 0.769. The lowest BCUT2D eigenvalue weighted by Gasteiger charge is -1.85. The zero-order valence-corrected chi connectivity index (χ0v) is 5.73. The molecule has 0 spiro atoms. The number of nitrogens with zero attached hydrogens (tertiary/aromatic N) is 2. The zero-order valence-electron chi connectivity index (χ0n) is 4.91. The van der Waals surface area contributed by atoms with Gasteiger partial charge in [0.05, 0.1) is 11.7 Å². The Hall–Kier alpha value is -1.03. The van der Waals surface area contributed by atoms with Gasteiger partial charge >= 0.3 is 0 Å². The predicted molar refractivity (Wildman–Crippen MR) is 37.4 cm³/mol. The minimum Gasteiger partial charge on any atom is -0.249 e. The van der Waals surface area contributed by atoms with E-state index >= 15 is 0 Å². The van der Waals surface area contributed by atoms with Gasteiger partial charge in [0, 0.05) is 10.8 Å². The highest BCUT2D eigenvalue weighted by molar-refractivity contribution is 7.09. The van der Waals surface area contributed by atoms with Crippen molar-refractivity contribution in [1.82, 2.24) is 9.97 Å². The molecule has 0 fully saturated rings. The Morgan fingerprint density at radius 2 is 2.10 bits per heavy atom. The first kappa shape index (κ1) is 5.73. The Balaban J connectivity index is 2.86. The van der Waals surface area contributed by atoms with E-state index in [1.165, 1.54) is 11.3 Å². The SMILES string of the molecule is Fc1cnc2cscc2n1. The standard InChI is InChI=1S/C6H3FN2S/c7-6-1-8-4-2-10-3-5(4)9-6/h1-3H. The molecular weight excluding hydrogens is 151 g/mol. The van der Waals surface area contributed by atoms with Crippen LogP contribution in [0.25, 0.3) is 11.0 Å². The van der Waals surface area contributed by atoms with Crippen molar-refractivity contribution in [2.45, 2.75) is 0 Å². The fraction of sp³-hybridized carbons (Fsp3) is 0. The maximum Gasteiger partial charge on any atom is 0.231 e. The molecule has 0 aromatic carbocycles. The van der Waals surface area contributed by atoms with E-state index in [1.54, 1.807) is 5.38 Å². The monoisotopic (exact) mass is 154 g/mol. The van der Waals surface area contributed by atoms with Crippen molar-refractivity contribution >= 4 is 22.4 Å². The number of hydrogen-bond donors (Lipinski definition) is 0. The summed E-state index contributed by atoms with van der Waals surface area (Å²) in [6.45, 7) is 0. The van der Waals surface area contributed by atoms with Gasteiger partial charge in [0.2, 0.25) is 5.95 Å². The van der Waals surface area contributed by atoms with Crippen LogP contribution in [0.3, 0.4) is 0 Å². The first-order valence-electron chi connectivity index (χ1n) is 2.71. The van der Waals surface area contributed by atoms with Crippen molar-refractivity contribution in [2.75, 3.05) is 0 Å². The molecule has 0 atom stereocenters. The summed E-state index contributed by atoms with van der Waals surface area (Å²) >= 11 is 1.47. The lowest BCUT2D eigenvalue weighted by atomic mass is 10.5. The molecule has 2 aromatic rings. The fourth-order valence-electron chi connectivity index (χ4n) is 0.731. The van der Waals surface area contributed by atoms with Crippen LogP contribution >= 0.6 is 11.3 Å². The minimum atomic E-state index is -0.522. The molecule has 2 rings (SSSR count). The summed E-state index contributed by atoms with van der Waals surface area (Å²) in [6, 6.07) is 0. The molecule has 0 aliphatic carbocycles. The van der Waals surface area contributed by atoms with Crippen LogP contribution in [0.2, 0.25) is 0 Å². The van der Waals surface area contributed by atoms with E-state index < -0.39 is 5.95 Å². The smallest absolute Gasteiger partial charge is 0.231 e. The maximum atomic E-state index is 12.3. The Bertz CT molecular complexity index is 357. The van der Waals surface area contributed by atoms with Crippen LogP contribution in [0, 0.1) is 5.95 Å². The number of fused-ring (bicyclic) bond motifs is 1. The Kier molecular flexibility index (Phi) is 1.14. The fourth-order valence-corrected chi connectivity index (χ4v) is 1.41. The van der Waals surface area contributed by atoms with Crippen molar-refractivity contribution in [1.29, 1.82) is 0 Å². The second-order valence-electron chi connectivity index (χ2n) is 1.83. The average Bonchev–Trinajstić information content (AvgIpc) is 2.33. The molecule has 0 saturated heterocycles. The Labute approximate surface area is 60.4 Å². The van der Waals surface area contributed by atoms with Crippen molar-refractivity contribution in [3.05, 3.63) is 22.9 Å². The van der Waals surface area contributed by atoms with Gasteiger partial charge in [-0.3, -0.25) is 0 Å². The second kappa shape index (κ2) is 1.98. The summed E-state index contributed by atoms with van der Waals surface area (Å²) in [7, 11) is 0. The molecule has 0 amide bonds.